The number of hydrogen-bond donors (Lipinski definition) is 0. The summed E-state index contributed by atoms with van der Waals surface area (Å²) in [5, 5.41) is 0. The van der Waals surface area contributed by atoms with Gasteiger partial charge in [0.25, 0.3) is 5.91 Å². The minimum atomic E-state index is -0.409. The first-order chi connectivity index (χ1) is 11.9. The second kappa shape index (κ2) is 6.70. The van der Waals surface area contributed by atoms with Gasteiger partial charge in [0.05, 0.1) is 11.3 Å². The van der Waals surface area contributed by atoms with Crippen LogP contribution >= 0.6 is 0 Å². The zero-order valence-corrected chi connectivity index (χ0v) is 14.6. The Balaban J connectivity index is 1.69. The number of piperazine rings is 1. The van der Waals surface area contributed by atoms with Gasteiger partial charge in [0.2, 0.25) is 0 Å². The summed E-state index contributed by atoms with van der Waals surface area (Å²) < 4.78 is 19.7. The van der Waals surface area contributed by atoms with E-state index in [1.807, 2.05) is 11.8 Å². The molecule has 1 aliphatic rings. The summed E-state index contributed by atoms with van der Waals surface area (Å²) in [6.45, 7) is 7.11. The van der Waals surface area contributed by atoms with Gasteiger partial charge in [-0.2, -0.15) is 0 Å². The molecule has 2 heterocycles. The molecule has 0 aliphatic carbocycles. The lowest BCUT2D eigenvalue weighted by molar-refractivity contribution is 0.0744. The van der Waals surface area contributed by atoms with Gasteiger partial charge in [0.15, 0.2) is 5.78 Å². The number of anilines is 1. The average Bonchev–Trinajstić information content (AvgIpc) is 2.92. The average molecular weight is 344 g/mol. The molecule has 6 heteroatoms. The smallest absolute Gasteiger partial charge is 0.257 e. The quantitative estimate of drug-likeness (QED) is 0.803. The Morgan fingerprint density at radius 3 is 2.28 bits per heavy atom. The molecule has 1 aromatic heterocycles. The molecular weight excluding hydrogens is 323 g/mol. The summed E-state index contributed by atoms with van der Waals surface area (Å²) in [5.74, 6) is 0.713. The van der Waals surface area contributed by atoms with Gasteiger partial charge in [0, 0.05) is 31.7 Å². The van der Waals surface area contributed by atoms with E-state index >= 15 is 0 Å². The first kappa shape index (κ1) is 17.2. The lowest BCUT2D eigenvalue weighted by Crippen LogP contribution is -2.49. The van der Waals surface area contributed by atoms with E-state index in [4.69, 9.17) is 4.42 Å². The molecule has 0 N–H and O–H groups in total. The molecule has 1 aromatic carbocycles. The first-order valence-electron chi connectivity index (χ1n) is 8.28. The van der Waals surface area contributed by atoms with Crippen molar-refractivity contribution in [1.82, 2.24) is 4.90 Å². The van der Waals surface area contributed by atoms with Gasteiger partial charge in [0.1, 0.15) is 17.3 Å². The van der Waals surface area contributed by atoms with Crippen LogP contribution in [0.3, 0.4) is 0 Å². The van der Waals surface area contributed by atoms with E-state index in [0.29, 0.717) is 54.5 Å². The lowest BCUT2D eigenvalue weighted by Gasteiger charge is -2.36. The summed E-state index contributed by atoms with van der Waals surface area (Å²) in [6, 6.07) is 6.29. The highest BCUT2D eigenvalue weighted by molar-refractivity contribution is 5.95. The number of carbonyl (C=O) groups excluding carboxylic acids is 2. The van der Waals surface area contributed by atoms with E-state index in [1.54, 1.807) is 30.0 Å². The highest BCUT2D eigenvalue weighted by Crippen LogP contribution is 2.23. The zero-order chi connectivity index (χ0) is 18.1. The van der Waals surface area contributed by atoms with Crippen molar-refractivity contribution in [3.8, 4) is 0 Å². The standard InChI is InChI=1S/C19H21FN2O3/c1-12-10-16(14(3)25-12)19(24)22-8-6-21(7-9-22)18-5-4-15(13(2)23)11-17(18)20/h4-5,10-11H,6-9H2,1-3H3. The number of halogens is 1. The van der Waals surface area contributed by atoms with Crippen LogP contribution in [-0.4, -0.2) is 42.8 Å². The van der Waals surface area contributed by atoms with Crippen LogP contribution in [0.5, 0.6) is 0 Å². The predicted molar refractivity (Wildman–Crippen MR) is 92.7 cm³/mol. The molecule has 1 fully saturated rings. The van der Waals surface area contributed by atoms with Gasteiger partial charge in [-0.25, -0.2) is 4.39 Å². The van der Waals surface area contributed by atoms with E-state index in [1.165, 1.54) is 13.0 Å². The Labute approximate surface area is 146 Å². The van der Waals surface area contributed by atoms with E-state index in [9.17, 15) is 14.0 Å². The maximum Gasteiger partial charge on any atom is 0.257 e. The fraction of sp³-hybridized carbons (Fsp3) is 0.368. The minimum absolute atomic E-state index is 0.0543. The summed E-state index contributed by atoms with van der Waals surface area (Å²) >= 11 is 0. The molecule has 0 bridgehead atoms. The van der Waals surface area contributed by atoms with Crippen molar-refractivity contribution in [1.29, 1.82) is 0 Å². The monoisotopic (exact) mass is 344 g/mol. The molecule has 5 nitrogen and oxygen atoms in total. The fourth-order valence-corrected chi connectivity index (χ4v) is 3.15. The number of amides is 1. The van der Waals surface area contributed by atoms with Crippen LogP contribution in [0.2, 0.25) is 0 Å². The van der Waals surface area contributed by atoms with E-state index in [-0.39, 0.29) is 11.7 Å². The van der Waals surface area contributed by atoms with E-state index in [2.05, 4.69) is 0 Å². The van der Waals surface area contributed by atoms with Gasteiger partial charge in [-0.1, -0.05) is 0 Å². The van der Waals surface area contributed by atoms with Crippen LogP contribution in [0.4, 0.5) is 10.1 Å². The maximum absolute atomic E-state index is 14.3. The van der Waals surface area contributed by atoms with Crippen molar-refractivity contribution in [2.24, 2.45) is 0 Å². The molecule has 132 valence electrons. The highest BCUT2D eigenvalue weighted by Gasteiger charge is 2.26. The fourth-order valence-electron chi connectivity index (χ4n) is 3.15. The number of nitrogens with zero attached hydrogens (tertiary/aromatic N) is 2. The van der Waals surface area contributed by atoms with Crippen LogP contribution in [0.15, 0.2) is 28.7 Å². The number of rotatable bonds is 3. The molecule has 0 atom stereocenters. The minimum Gasteiger partial charge on any atom is -0.466 e. The van der Waals surface area contributed by atoms with Crippen molar-refractivity contribution in [3.63, 3.8) is 0 Å². The Morgan fingerprint density at radius 2 is 1.76 bits per heavy atom. The molecule has 1 aliphatic heterocycles. The van der Waals surface area contributed by atoms with Crippen molar-refractivity contribution in [2.45, 2.75) is 20.8 Å². The number of ketones is 1. The highest BCUT2D eigenvalue weighted by atomic mass is 19.1. The second-order valence-electron chi connectivity index (χ2n) is 6.33. The van der Waals surface area contributed by atoms with Crippen molar-refractivity contribution < 1.29 is 18.4 Å². The second-order valence-corrected chi connectivity index (χ2v) is 6.33. The van der Waals surface area contributed by atoms with Crippen LogP contribution in [0.1, 0.15) is 39.2 Å². The zero-order valence-electron chi connectivity index (χ0n) is 14.6. The summed E-state index contributed by atoms with van der Waals surface area (Å²) in [6.07, 6.45) is 0. The molecule has 2 aromatic rings. The van der Waals surface area contributed by atoms with Crippen molar-refractivity contribution in [3.05, 3.63) is 52.7 Å². The number of Topliss-reactive ketones (excluding diaryl/α,β-unsaturated/α-hetero) is 1. The Morgan fingerprint density at radius 1 is 1.08 bits per heavy atom. The normalized spacial score (nSPS) is 14.7. The van der Waals surface area contributed by atoms with Gasteiger partial charge in [-0.05, 0) is 45.0 Å². The lowest BCUT2D eigenvalue weighted by atomic mass is 10.1. The van der Waals surface area contributed by atoms with Gasteiger partial charge in [-0.15, -0.1) is 0 Å². The van der Waals surface area contributed by atoms with Crippen LogP contribution in [0.25, 0.3) is 0 Å². The maximum atomic E-state index is 14.3. The predicted octanol–water partition coefficient (Wildman–Crippen LogP) is 3.20. The molecule has 3 rings (SSSR count). The van der Waals surface area contributed by atoms with Gasteiger partial charge < -0.3 is 14.2 Å². The third-order valence-electron chi connectivity index (χ3n) is 4.53. The Bertz CT molecular complexity index is 820. The van der Waals surface area contributed by atoms with Crippen LogP contribution in [0, 0.1) is 19.7 Å². The molecular formula is C19H21FN2O3. The summed E-state index contributed by atoms with van der Waals surface area (Å²) in [7, 11) is 0. The summed E-state index contributed by atoms with van der Waals surface area (Å²) in [5.41, 5.74) is 1.41. The number of furan rings is 1. The Kier molecular flexibility index (Phi) is 4.61. The third-order valence-corrected chi connectivity index (χ3v) is 4.53. The number of carbonyl (C=O) groups is 2. The molecule has 0 saturated carbocycles. The first-order valence-corrected chi connectivity index (χ1v) is 8.28. The topological polar surface area (TPSA) is 53.8 Å². The molecule has 1 amide bonds. The largest absolute Gasteiger partial charge is 0.466 e. The third kappa shape index (κ3) is 3.43. The van der Waals surface area contributed by atoms with Crippen LogP contribution < -0.4 is 4.90 Å². The molecule has 0 radical (unpaired) electrons. The van der Waals surface area contributed by atoms with E-state index < -0.39 is 5.82 Å². The van der Waals surface area contributed by atoms with Crippen LogP contribution in [-0.2, 0) is 0 Å². The van der Waals surface area contributed by atoms with E-state index in [0.717, 1.165) is 0 Å². The molecule has 1 saturated heterocycles. The molecule has 0 unspecified atom stereocenters. The summed E-state index contributed by atoms with van der Waals surface area (Å²) in [4.78, 5) is 27.6. The number of benzene rings is 1. The number of aryl methyl sites for hydroxylation is 2. The Hall–Kier alpha value is -2.63. The molecule has 25 heavy (non-hydrogen) atoms. The SMILES string of the molecule is CC(=O)c1ccc(N2CCN(C(=O)c3cc(C)oc3C)CC2)c(F)c1. The van der Waals surface area contributed by atoms with Gasteiger partial charge in [-0.3, -0.25) is 9.59 Å². The van der Waals surface area contributed by atoms with Crippen molar-refractivity contribution in [2.75, 3.05) is 31.1 Å². The van der Waals surface area contributed by atoms with Gasteiger partial charge >= 0.3 is 0 Å². The number of hydrogen-bond acceptors (Lipinski definition) is 4. The molecule has 0 spiro atoms. The van der Waals surface area contributed by atoms with Crippen molar-refractivity contribution >= 4 is 17.4 Å².